The van der Waals surface area contributed by atoms with Gasteiger partial charge in [0, 0.05) is 32.7 Å². The third-order valence-electron chi connectivity index (χ3n) is 4.23. The number of likely N-dealkylation sites (N-methyl/N-ethyl adjacent to an activating group) is 1. The van der Waals surface area contributed by atoms with E-state index in [0.717, 1.165) is 32.0 Å². The van der Waals surface area contributed by atoms with Gasteiger partial charge in [-0.3, -0.25) is 4.90 Å². The van der Waals surface area contributed by atoms with Gasteiger partial charge in [0.2, 0.25) is 0 Å². The number of piperazine rings is 1. The van der Waals surface area contributed by atoms with E-state index in [1.807, 2.05) is 0 Å². The van der Waals surface area contributed by atoms with Crippen molar-refractivity contribution >= 4 is 0 Å². The van der Waals surface area contributed by atoms with E-state index >= 15 is 0 Å². The Bertz CT molecular complexity index is 409. The van der Waals surface area contributed by atoms with Gasteiger partial charge in [-0.15, -0.1) is 0 Å². The van der Waals surface area contributed by atoms with Gasteiger partial charge in [0.15, 0.2) is 0 Å². The van der Waals surface area contributed by atoms with Crippen LogP contribution in [0.5, 0.6) is 0 Å². The summed E-state index contributed by atoms with van der Waals surface area (Å²) in [5.41, 5.74) is 3.01. The molecule has 0 aliphatic carbocycles. The molecule has 1 aromatic rings. The van der Waals surface area contributed by atoms with Gasteiger partial charge < -0.3 is 10.2 Å². The minimum atomic E-state index is 0.727. The second-order valence-corrected chi connectivity index (χ2v) is 6.70. The molecule has 0 radical (unpaired) electrons. The summed E-state index contributed by atoms with van der Waals surface area (Å²) in [5.74, 6) is 0.727. The largest absolute Gasteiger partial charge is 0.316 e. The average Bonchev–Trinajstić information content (AvgIpc) is 2.47. The molecule has 2 rings (SSSR count). The molecule has 1 aliphatic heterocycles. The zero-order valence-electron chi connectivity index (χ0n) is 13.9. The normalized spacial score (nSPS) is 17.5. The summed E-state index contributed by atoms with van der Waals surface area (Å²) in [5, 5.41) is 3.55. The predicted octanol–water partition coefficient (Wildman–Crippen LogP) is 2.22. The van der Waals surface area contributed by atoms with E-state index < -0.39 is 0 Å². The minimum absolute atomic E-state index is 0.727. The lowest BCUT2D eigenvalue weighted by Crippen LogP contribution is -2.44. The molecule has 0 aromatic heterocycles. The van der Waals surface area contributed by atoms with Crippen LogP contribution in [0, 0.1) is 5.92 Å². The van der Waals surface area contributed by atoms with E-state index in [-0.39, 0.29) is 0 Å². The summed E-state index contributed by atoms with van der Waals surface area (Å²) >= 11 is 0. The Kier molecular flexibility index (Phi) is 6.68. The number of nitrogens with zero attached hydrogens (tertiary/aromatic N) is 2. The molecule has 0 bridgehead atoms. The van der Waals surface area contributed by atoms with Gasteiger partial charge in [-0.05, 0) is 43.6 Å². The smallest absolute Gasteiger partial charge is 0.0237 e. The van der Waals surface area contributed by atoms with E-state index in [2.05, 4.69) is 60.3 Å². The van der Waals surface area contributed by atoms with Gasteiger partial charge in [0.05, 0.1) is 0 Å². The molecule has 1 aromatic carbocycles. The number of benzene rings is 1. The lowest BCUT2D eigenvalue weighted by Gasteiger charge is -2.32. The summed E-state index contributed by atoms with van der Waals surface area (Å²) in [6.45, 7) is 12.6. The summed E-state index contributed by atoms with van der Waals surface area (Å²) in [4.78, 5) is 5.00. The number of rotatable bonds is 7. The molecule has 1 heterocycles. The van der Waals surface area contributed by atoms with E-state index in [0.29, 0.717) is 0 Å². The van der Waals surface area contributed by atoms with Crippen LogP contribution in [0.25, 0.3) is 0 Å². The van der Waals surface area contributed by atoms with Crippen LogP contribution in [0.15, 0.2) is 24.3 Å². The van der Waals surface area contributed by atoms with E-state index in [1.165, 1.54) is 37.3 Å². The van der Waals surface area contributed by atoms with Crippen molar-refractivity contribution in [3.05, 3.63) is 35.4 Å². The van der Waals surface area contributed by atoms with E-state index in [4.69, 9.17) is 0 Å². The molecular formula is C18H31N3. The van der Waals surface area contributed by atoms with Crippen LogP contribution in [-0.2, 0) is 13.0 Å². The maximum Gasteiger partial charge on any atom is 0.0237 e. The van der Waals surface area contributed by atoms with Gasteiger partial charge in [-0.2, -0.15) is 0 Å². The quantitative estimate of drug-likeness (QED) is 0.777. The average molecular weight is 289 g/mol. The summed E-state index contributed by atoms with van der Waals surface area (Å²) in [7, 11) is 2.21. The Labute approximate surface area is 130 Å². The highest BCUT2D eigenvalue weighted by Gasteiger charge is 2.14. The molecule has 1 saturated heterocycles. The second-order valence-electron chi connectivity index (χ2n) is 6.70. The van der Waals surface area contributed by atoms with Crippen molar-refractivity contribution < 1.29 is 0 Å². The SMILES string of the molecule is CC(C)CNCCc1ccccc1CN1CCN(C)CC1. The zero-order valence-corrected chi connectivity index (χ0v) is 13.9. The summed E-state index contributed by atoms with van der Waals surface area (Å²) < 4.78 is 0. The third-order valence-corrected chi connectivity index (χ3v) is 4.23. The van der Waals surface area contributed by atoms with Crippen molar-refractivity contribution in [3.63, 3.8) is 0 Å². The van der Waals surface area contributed by atoms with Crippen LogP contribution >= 0.6 is 0 Å². The Morgan fingerprint density at radius 3 is 2.38 bits per heavy atom. The number of hydrogen-bond donors (Lipinski definition) is 1. The minimum Gasteiger partial charge on any atom is -0.316 e. The summed E-state index contributed by atoms with van der Waals surface area (Å²) in [6, 6.07) is 8.94. The fourth-order valence-corrected chi connectivity index (χ4v) is 2.82. The molecule has 0 spiro atoms. The zero-order chi connectivity index (χ0) is 15.1. The van der Waals surface area contributed by atoms with Crippen molar-refractivity contribution in [2.24, 2.45) is 5.92 Å². The topological polar surface area (TPSA) is 18.5 Å². The van der Waals surface area contributed by atoms with Crippen LogP contribution < -0.4 is 5.32 Å². The first-order valence-corrected chi connectivity index (χ1v) is 8.33. The molecule has 118 valence electrons. The van der Waals surface area contributed by atoms with Crippen molar-refractivity contribution in [2.45, 2.75) is 26.8 Å². The van der Waals surface area contributed by atoms with Crippen LogP contribution in [0.4, 0.5) is 0 Å². The van der Waals surface area contributed by atoms with Gasteiger partial charge in [-0.1, -0.05) is 38.1 Å². The lowest BCUT2D eigenvalue weighted by atomic mass is 10.0. The Morgan fingerprint density at radius 1 is 1.05 bits per heavy atom. The van der Waals surface area contributed by atoms with Crippen molar-refractivity contribution in [2.75, 3.05) is 46.3 Å². The monoisotopic (exact) mass is 289 g/mol. The highest BCUT2D eigenvalue weighted by Crippen LogP contribution is 2.13. The van der Waals surface area contributed by atoms with Crippen molar-refractivity contribution in [1.29, 1.82) is 0 Å². The van der Waals surface area contributed by atoms with Gasteiger partial charge >= 0.3 is 0 Å². The lowest BCUT2D eigenvalue weighted by molar-refractivity contribution is 0.148. The summed E-state index contributed by atoms with van der Waals surface area (Å²) in [6.07, 6.45) is 1.14. The molecule has 1 aliphatic rings. The fraction of sp³-hybridized carbons (Fsp3) is 0.667. The highest BCUT2D eigenvalue weighted by atomic mass is 15.2. The molecule has 0 unspecified atom stereocenters. The van der Waals surface area contributed by atoms with Crippen LogP contribution in [0.1, 0.15) is 25.0 Å². The molecule has 0 atom stereocenters. The van der Waals surface area contributed by atoms with E-state index in [9.17, 15) is 0 Å². The van der Waals surface area contributed by atoms with Gasteiger partial charge in [0.1, 0.15) is 0 Å². The molecule has 1 fully saturated rings. The van der Waals surface area contributed by atoms with Crippen molar-refractivity contribution in [1.82, 2.24) is 15.1 Å². The molecule has 21 heavy (non-hydrogen) atoms. The molecule has 3 nitrogen and oxygen atoms in total. The molecular weight excluding hydrogens is 258 g/mol. The predicted molar refractivity (Wildman–Crippen MR) is 90.6 cm³/mol. The van der Waals surface area contributed by atoms with Gasteiger partial charge in [0.25, 0.3) is 0 Å². The molecule has 0 amide bonds. The molecule has 1 N–H and O–H groups in total. The first kappa shape index (κ1) is 16.5. The third kappa shape index (κ3) is 5.77. The van der Waals surface area contributed by atoms with Crippen molar-refractivity contribution in [3.8, 4) is 0 Å². The van der Waals surface area contributed by atoms with Crippen LogP contribution in [0.3, 0.4) is 0 Å². The molecule has 0 saturated carbocycles. The van der Waals surface area contributed by atoms with Crippen LogP contribution in [-0.4, -0.2) is 56.1 Å². The fourth-order valence-electron chi connectivity index (χ4n) is 2.82. The number of nitrogens with one attached hydrogen (secondary N) is 1. The van der Waals surface area contributed by atoms with Crippen LogP contribution in [0.2, 0.25) is 0 Å². The molecule has 3 heteroatoms. The Balaban J connectivity index is 1.84. The van der Waals surface area contributed by atoms with Gasteiger partial charge in [-0.25, -0.2) is 0 Å². The maximum absolute atomic E-state index is 3.55. The Hall–Kier alpha value is -0.900. The first-order chi connectivity index (χ1) is 10.1. The second kappa shape index (κ2) is 8.52. The van der Waals surface area contributed by atoms with E-state index in [1.54, 1.807) is 0 Å². The Morgan fingerprint density at radius 2 is 1.71 bits per heavy atom. The highest BCUT2D eigenvalue weighted by molar-refractivity contribution is 5.27. The standard InChI is InChI=1S/C18H31N3/c1-16(2)14-19-9-8-17-6-4-5-7-18(17)15-21-12-10-20(3)11-13-21/h4-7,16,19H,8-15H2,1-3H3. The first-order valence-electron chi connectivity index (χ1n) is 8.33. The maximum atomic E-state index is 3.55. The number of hydrogen-bond acceptors (Lipinski definition) is 3.